The van der Waals surface area contributed by atoms with Gasteiger partial charge in [0.2, 0.25) is 0 Å². The molecule has 2 N–H and O–H groups in total. The van der Waals surface area contributed by atoms with E-state index in [1.165, 1.54) is 0 Å². The second-order valence-corrected chi connectivity index (χ2v) is 12.1. The van der Waals surface area contributed by atoms with Crippen LogP contribution in [-0.4, -0.2) is 37.2 Å². The van der Waals surface area contributed by atoms with Crippen molar-refractivity contribution in [2.45, 2.75) is 70.7 Å². The fraction of sp³-hybridized carbons (Fsp3) is 0.929. The SMILES string of the molecule is CC(C)(C)[Si](C)(C)OC1CCC(CO)(C(=O)O)CC1. The summed E-state index contributed by atoms with van der Waals surface area (Å²) in [6, 6.07) is 0. The zero-order chi connectivity index (χ0) is 14.9. The van der Waals surface area contributed by atoms with E-state index in [1.54, 1.807) is 0 Å². The molecule has 4 nitrogen and oxygen atoms in total. The van der Waals surface area contributed by atoms with Gasteiger partial charge in [0.25, 0.3) is 0 Å². The summed E-state index contributed by atoms with van der Waals surface area (Å²) in [5, 5.41) is 18.8. The highest BCUT2D eigenvalue weighted by atomic mass is 28.4. The summed E-state index contributed by atoms with van der Waals surface area (Å²) in [7, 11) is -1.79. The Hall–Kier alpha value is -0.393. The summed E-state index contributed by atoms with van der Waals surface area (Å²) in [5.74, 6) is -0.874. The molecule has 1 saturated carbocycles. The quantitative estimate of drug-likeness (QED) is 0.780. The third-order valence-corrected chi connectivity index (χ3v) is 9.45. The predicted octanol–water partition coefficient (Wildman–Crippen LogP) is 3.01. The number of aliphatic carboxylic acids is 1. The summed E-state index contributed by atoms with van der Waals surface area (Å²) >= 11 is 0. The molecule has 0 spiro atoms. The summed E-state index contributed by atoms with van der Waals surface area (Å²) in [6.07, 6.45) is 2.65. The van der Waals surface area contributed by atoms with Gasteiger partial charge in [-0.3, -0.25) is 4.79 Å². The fourth-order valence-electron chi connectivity index (χ4n) is 2.29. The molecule has 0 atom stereocenters. The standard InChI is InChI=1S/C14H28O4Si/c1-13(2,3)19(4,5)18-11-6-8-14(10-15,9-7-11)12(16)17/h11,15H,6-10H2,1-5H3,(H,16,17). The van der Waals surface area contributed by atoms with Crippen molar-refractivity contribution in [3.05, 3.63) is 0 Å². The largest absolute Gasteiger partial charge is 0.481 e. The Bertz CT molecular complexity index is 325. The minimum atomic E-state index is -1.79. The number of aliphatic hydroxyl groups is 1. The van der Waals surface area contributed by atoms with E-state index in [1.807, 2.05) is 0 Å². The van der Waals surface area contributed by atoms with Gasteiger partial charge in [-0.1, -0.05) is 20.8 Å². The molecule has 19 heavy (non-hydrogen) atoms. The van der Waals surface area contributed by atoms with Gasteiger partial charge >= 0.3 is 5.97 Å². The molecule has 0 aromatic rings. The van der Waals surface area contributed by atoms with E-state index in [4.69, 9.17) is 4.43 Å². The molecule has 0 aromatic heterocycles. The topological polar surface area (TPSA) is 66.8 Å². The highest BCUT2D eigenvalue weighted by Gasteiger charge is 2.45. The molecule has 1 fully saturated rings. The first-order valence-corrected chi connectivity index (χ1v) is 9.97. The average molecular weight is 288 g/mol. The monoisotopic (exact) mass is 288 g/mol. The van der Waals surface area contributed by atoms with E-state index >= 15 is 0 Å². The predicted molar refractivity (Wildman–Crippen MR) is 77.7 cm³/mol. The van der Waals surface area contributed by atoms with Crippen molar-refractivity contribution in [2.75, 3.05) is 6.61 Å². The Morgan fingerprint density at radius 2 is 1.79 bits per heavy atom. The maximum Gasteiger partial charge on any atom is 0.311 e. The number of carboxylic acid groups (broad SMARTS) is 1. The summed E-state index contributed by atoms with van der Waals surface area (Å²) in [4.78, 5) is 11.3. The molecule has 0 amide bonds. The minimum absolute atomic E-state index is 0.153. The Labute approximate surface area is 117 Å². The molecule has 1 aliphatic carbocycles. The number of rotatable bonds is 4. The van der Waals surface area contributed by atoms with Crippen molar-refractivity contribution >= 4 is 14.3 Å². The number of carbonyl (C=O) groups is 1. The normalized spacial score (nSPS) is 29.3. The first-order chi connectivity index (χ1) is 8.54. The first kappa shape index (κ1) is 16.7. The Kier molecular flexibility index (Phi) is 4.86. The summed E-state index contributed by atoms with van der Waals surface area (Å²) < 4.78 is 6.33. The van der Waals surface area contributed by atoms with Gasteiger partial charge < -0.3 is 14.6 Å². The zero-order valence-electron chi connectivity index (χ0n) is 12.8. The summed E-state index contributed by atoms with van der Waals surface area (Å²) in [5.41, 5.74) is -0.937. The number of aliphatic hydroxyl groups excluding tert-OH is 1. The van der Waals surface area contributed by atoms with Crippen LogP contribution < -0.4 is 0 Å². The Morgan fingerprint density at radius 3 is 2.11 bits per heavy atom. The number of hydrogen-bond donors (Lipinski definition) is 2. The lowest BCUT2D eigenvalue weighted by Crippen LogP contribution is -2.47. The summed E-state index contributed by atoms with van der Waals surface area (Å²) in [6.45, 7) is 10.8. The van der Waals surface area contributed by atoms with Crippen LogP contribution in [0.15, 0.2) is 0 Å². The molecule has 1 rings (SSSR count). The Morgan fingerprint density at radius 1 is 1.32 bits per heavy atom. The van der Waals surface area contributed by atoms with Crippen molar-refractivity contribution in [2.24, 2.45) is 5.41 Å². The third-order valence-electron chi connectivity index (χ3n) is 4.91. The van der Waals surface area contributed by atoms with Crippen LogP contribution >= 0.6 is 0 Å². The molecule has 0 aliphatic heterocycles. The van der Waals surface area contributed by atoms with E-state index < -0.39 is 19.7 Å². The lowest BCUT2D eigenvalue weighted by atomic mass is 9.74. The minimum Gasteiger partial charge on any atom is -0.481 e. The van der Waals surface area contributed by atoms with Crippen LogP contribution in [0.4, 0.5) is 0 Å². The molecule has 0 bridgehead atoms. The van der Waals surface area contributed by atoms with E-state index in [2.05, 4.69) is 33.9 Å². The van der Waals surface area contributed by atoms with E-state index in [0.29, 0.717) is 12.8 Å². The molecule has 0 heterocycles. The van der Waals surface area contributed by atoms with Gasteiger partial charge in [-0.2, -0.15) is 0 Å². The van der Waals surface area contributed by atoms with Crippen LogP contribution in [-0.2, 0) is 9.22 Å². The van der Waals surface area contributed by atoms with Crippen molar-refractivity contribution in [1.82, 2.24) is 0 Å². The second kappa shape index (κ2) is 5.54. The van der Waals surface area contributed by atoms with Gasteiger partial charge in [-0.05, 0) is 43.8 Å². The molecular weight excluding hydrogens is 260 g/mol. The van der Waals surface area contributed by atoms with Gasteiger partial charge in [0, 0.05) is 6.10 Å². The molecule has 1 aliphatic rings. The molecule has 0 unspecified atom stereocenters. The van der Waals surface area contributed by atoms with Crippen LogP contribution in [0.2, 0.25) is 18.1 Å². The van der Waals surface area contributed by atoms with E-state index in [9.17, 15) is 15.0 Å². The molecule has 0 radical (unpaired) electrons. The molecular formula is C14H28O4Si. The highest BCUT2D eigenvalue weighted by molar-refractivity contribution is 6.74. The van der Waals surface area contributed by atoms with Crippen molar-refractivity contribution < 1.29 is 19.4 Å². The van der Waals surface area contributed by atoms with Gasteiger partial charge in [0.1, 0.15) is 0 Å². The Balaban J connectivity index is 2.63. The van der Waals surface area contributed by atoms with Crippen LogP contribution in [0.3, 0.4) is 0 Å². The zero-order valence-corrected chi connectivity index (χ0v) is 13.8. The molecule has 0 aromatic carbocycles. The third kappa shape index (κ3) is 3.58. The highest BCUT2D eigenvalue weighted by Crippen LogP contribution is 2.42. The smallest absolute Gasteiger partial charge is 0.311 e. The van der Waals surface area contributed by atoms with Gasteiger partial charge in [0.15, 0.2) is 8.32 Å². The van der Waals surface area contributed by atoms with Gasteiger partial charge in [-0.15, -0.1) is 0 Å². The average Bonchev–Trinajstić information content (AvgIpc) is 2.28. The van der Waals surface area contributed by atoms with Crippen LogP contribution in [0.1, 0.15) is 46.5 Å². The van der Waals surface area contributed by atoms with Crippen LogP contribution in [0.25, 0.3) is 0 Å². The van der Waals surface area contributed by atoms with Crippen molar-refractivity contribution in [3.63, 3.8) is 0 Å². The van der Waals surface area contributed by atoms with Crippen molar-refractivity contribution in [1.29, 1.82) is 0 Å². The maximum atomic E-state index is 11.3. The first-order valence-electron chi connectivity index (χ1n) is 7.06. The lowest BCUT2D eigenvalue weighted by molar-refractivity contribution is -0.155. The lowest BCUT2D eigenvalue weighted by Gasteiger charge is -2.42. The van der Waals surface area contributed by atoms with Crippen molar-refractivity contribution in [3.8, 4) is 0 Å². The van der Waals surface area contributed by atoms with Crippen LogP contribution in [0.5, 0.6) is 0 Å². The fourth-order valence-corrected chi connectivity index (χ4v) is 3.72. The molecule has 5 heteroatoms. The number of carboxylic acids is 1. The molecule has 112 valence electrons. The van der Waals surface area contributed by atoms with E-state index in [0.717, 1.165) is 12.8 Å². The van der Waals surface area contributed by atoms with Gasteiger partial charge in [0.05, 0.1) is 12.0 Å². The maximum absolute atomic E-state index is 11.3. The van der Waals surface area contributed by atoms with Crippen LogP contribution in [0, 0.1) is 5.41 Å². The number of hydrogen-bond acceptors (Lipinski definition) is 3. The van der Waals surface area contributed by atoms with E-state index in [-0.39, 0.29) is 17.7 Å². The van der Waals surface area contributed by atoms with Gasteiger partial charge in [-0.25, -0.2) is 0 Å². The molecule has 0 saturated heterocycles. The second-order valence-electron chi connectivity index (χ2n) is 7.32.